The van der Waals surface area contributed by atoms with Crippen molar-refractivity contribution < 1.29 is 19.1 Å². The van der Waals surface area contributed by atoms with E-state index in [0.29, 0.717) is 28.7 Å². The number of amides is 2. The number of carbonyl (C=O) groups excluding carboxylic acids is 2. The highest BCUT2D eigenvalue weighted by molar-refractivity contribution is 6.00. The second kappa shape index (κ2) is 10.3. The third kappa shape index (κ3) is 5.64. The second-order valence-electron chi connectivity index (χ2n) is 8.56. The first kappa shape index (κ1) is 23.1. The third-order valence-electron chi connectivity index (χ3n) is 5.63. The van der Waals surface area contributed by atoms with E-state index in [0.717, 1.165) is 11.1 Å². The van der Waals surface area contributed by atoms with Crippen molar-refractivity contribution in [1.29, 1.82) is 0 Å². The Morgan fingerprint density at radius 3 is 2.26 bits per heavy atom. The Kier molecular flexibility index (Phi) is 6.97. The van der Waals surface area contributed by atoms with Gasteiger partial charge in [-0.25, -0.2) is 0 Å². The molecule has 0 aromatic heterocycles. The summed E-state index contributed by atoms with van der Waals surface area (Å²) in [6.45, 7) is 6.40. The molecule has 174 valence electrons. The molecule has 6 nitrogen and oxygen atoms in total. The lowest BCUT2D eigenvalue weighted by Gasteiger charge is -2.19. The van der Waals surface area contributed by atoms with Crippen LogP contribution in [-0.4, -0.2) is 18.6 Å². The van der Waals surface area contributed by atoms with Crippen LogP contribution < -0.4 is 20.1 Å². The fourth-order valence-electron chi connectivity index (χ4n) is 3.60. The summed E-state index contributed by atoms with van der Waals surface area (Å²) in [6.07, 6.45) is 3.08. The minimum atomic E-state index is -0.848. The molecule has 0 unspecified atom stereocenters. The maximum absolute atomic E-state index is 13.2. The lowest BCUT2D eigenvalue weighted by atomic mass is 10.0. The number of fused-ring (bicyclic) bond motifs is 1. The van der Waals surface area contributed by atoms with Gasteiger partial charge in [-0.05, 0) is 59.9 Å². The summed E-state index contributed by atoms with van der Waals surface area (Å²) >= 11 is 0. The standard InChI is InChI=1S/C28H28N2O4/c1-18(2)21-10-12-23(13-11-21)29-28(32)27(22-8-4-19(3)5-9-22)30-26(31)15-7-20-6-14-24-25(16-20)34-17-33-24/h4-16,18,27H,17H2,1-3H3,(H,29,32)(H,30,31)/b15-7+/t27-/m1/s1. The minimum absolute atomic E-state index is 0.191. The Morgan fingerprint density at radius 2 is 1.56 bits per heavy atom. The molecule has 1 aliphatic heterocycles. The fourth-order valence-corrected chi connectivity index (χ4v) is 3.60. The van der Waals surface area contributed by atoms with Gasteiger partial charge in [0, 0.05) is 11.8 Å². The van der Waals surface area contributed by atoms with E-state index in [1.165, 1.54) is 11.6 Å². The summed E-state index contributed by atoms with van der Waals surface area (Å²) in [6, 6.07) is 19.9. The Morgan fingerprint density at radius 1 is 0.882 bits per heavy atom. The van der Waals surface area contributed by atoms with Gasteiger partial charge in [-0.15, -0.1) is 0 Å². The first-order valence-corrected chi connectivity index (χ1v) is 11.2. The number of benzene rings is 3. The van der Waals surface area contributed by atoms with Gasteiger partial charge in [0.05, 0.1) is 0 Å². The number of nitrogens with one attached hydrogen (secondary N) is 2. The number of aryl methyl sites for hydroxylation is 1. The summed E-state index contributed by atoms with van der Waals surface area (Å²) in [5, 5.41) is 5.75. The molecule has 1 aliphatic rings. The first-order chi connectivity index (χ1) is 16.4. The molecule has 0 saturated carbocycles. The van der Waals surface area contributed by atoms with Crippen molar-refractivity contribution in [2.45, 2.75) is 32.7 Å². The van der Waals surface area contributed by atoms with Crippen molar-refractivity contribution in [2.75, 3.05) is 12.1 Å². The molecule has 3 aromatic rings. The monoisotopic (exact) mass is 456 g/mol. The van der Waals surface area contributed by atoms with Gasteiger partial charge in [-0.3, -0.25) is 9.59 Å². The van der Waals surface area contributed by atoms with E-state index < -0.39 is 6.04 Å². The molecule has 4 rings (SSSR count). The zero-order valence-corrected chi connectivity index (χ0v) is 19.5. The summed E-state index contributed by atoms with van der Waals surface area (Å²) in [5.74, 6) is 1.03. The Balaban J connectivity index is 1.49. The van der Waals surface area contributed by atoms with E-state index >= 15 is 0 Å². The van der Waals surface area contributed by atoms with Crippen molar-refractivity contribution in [2.24, 2.45) is 0 Å². The minimum Gasteiger partial charge on any atom is -0.454 e. The van der Waals surface area contributed by atoms with Crippen LogP contribution in [0.15, 0.2) is 72.8 Å². The van der Waals surface area contributed by atoms with Gasteiger partial charge in [0.1, 0.15) is 6.04 Å². The molecule has 0 bridgehead atoms. The average Bonchev–Trinajstić information content (AvgIpc) is 3.30. The molecule has 0 spiro atoms. The van der Waals surface area contributed by atoms with Crippen molar-refractivity contribution in [3.05, 3.63) is 95.1 Å². The predicted molar refractivity (Wildman–Crippen MR) is 133 cm³/mol. The normalized spacial score (nSPS) is 13.2. The van der Waals surface area contributed by atoms with Gasteiger partial charge in [0.15, 0.2) is 11.5 Å². The van der Waals surface area contributed by atoms with Crippen LogP contribution in [0.1, 0.15) is 48.1 Å². The summed E-state index contributed by atoms with van der Waals surface area (Å²) < 4.78 is 10.7. The van der Waals surface area contributed by atoms with Crippen LogP contribution in [0.4, 0.5) is 5.69 Å². The zero-order chi connectivity index (χ0) is 24.1. The zero-order valence-electron chi connectivity index (χ0n) is 19.5. The molecule has 1 atom stereocenters. The third-order valence-corrected chi connectivity index (χ3v) is 5.63. The topological polar surface area (TPSA) is 76.7 Å². The Hall–Kier alpha value is -4.06. The van der Waals surface area contributed by atoms with E-state index in [1.807, 2.05) is 61.5 Å². The maximum atomic E-state index is 13.2. The van der Waals surface area contributed by atoms with Gasteiger partial charge < -0.3 is 20.1 Å². The molecule has 2 amide bonds. The summed E-state index contributed by atoms with van der Waals surface area (Å²) in [5.41, 5.74) is 4.43. The Labute approximate surface area is 199 Å². The molecular weight excluding hydrogens is 428 g/mol. The quantitative estimate of drug-likeness (QED) is 0.470. The number of hydrogen-bond acceptors (Lipinski definition) is 4. The molecule has 0 fully saturated rings. The highest BCUT2D eigenvalue weighted by atomic mass is 16.7. The van der Waals surface area contributed by atoms with Gasteiger partial charge in [-0.1, -0.05) is 61.9 Å². The van der Waals surface area contributed by atoms with E-state index in [4.69, 9.17) is 9.47 Å². The largest absolute Gasteiger partial charge is 0.454 e. The van der Waals surface area contributed by atoms with E-state index in [-0.39, 0.29) is 18.6 Å². The lowest BCUT2D eigenvalue weighted by molar-refractivity contribution is -0.123. The Bertz CT molecular complexity index is 1200. The number of ether oxygens (including phenoxy) is 2. The maximum Gasteiger partial charge on any atom is 0.251 e. The average molecular weight is 457 g/mol. The van der Waals surface area contributed by atoms with Crippen LogP contribution >= 0.6 is 0 Å². The highest BCUT2D eigenvalue weighted by Gasteiger charge is 2.22. The SMILES string of the molecule is Cc1ccc([C@@H](NC(=O)/C=C/c2ccc3c(c2)OCO3)C(=O)Nc2ccc(C(C)C)cc2)cc1. The molecule has 34 heavy (non-hydrogen) atoms. The van der Waals surface area contributed by atoms with Crippen LogP contribution in [-0.2, 0) is 9.59 Å². The van der Waals surface area contributed by atoms with Crippen LogP contribution in [0.25, 0.3) is 6.08 Å². The van der Waals surface area contributed by atoms with Gasteiger partial charge in [0.2, 0.25) is 12.7 Å². The van der Waals surface area contributed by atoms with E-state index in [9.17, 15) is 9.59 Å². The van der Waals surface area contributed by atoms with Crippen LogP contribution in [0.3, 0.4) is 0 Å². The second-order valence-corrected chi connectivity index (χ2v) is 8.56. The van der Waals surface area contributed by atoms with Crippen molar-refractivity contribution in [3.63, 3.8) is 0 Å². The number of hydrogen-bond donors (Lipinski definition) is 2. The van der Waals surface area contributed by atoms with Crippen molar-refractivity contribution in [1.82, 2.24) is 5.32 Å². The molecular formula is C28H28N2O4. The van der Waals surface area contributed by atoms with Gasteiger partial charge >= 0.3 is 0 Å². The summed E-state index contributed by atoms with van der Waals surface area (Å²) in [7, 11) is 0. The van der Waals surface area contributed by atoms with Gasteiger partial charge in [0.25, 0.3) is 5.91 Å². The first-order valence-electron chi connectivity index (χ1n) is 11.2. The van der Waals surface area contributed by atoms with Gasteiger partial charge in [-0.2, -0.15) is 0 Å². The van der Waals surface area contributed by atoms with Crippen LogP contribution in [0.2, 0.25) is 0 Å². The summed E-state index contributed by atoms with van der Waals surface area (Å²) in [4.78, 5) is 25.9. The predicted octanol–water partition coefficient (Wildman–Crippen LogP) is 5.36. The lowest BCUT2D eigenvalue weighted by Crippen LogP contribution is -2.36. The van der Waals surface area contributed by atoms with Crippen LogP contribution in [0.5, 0.6) is 11.5 Å². The van der Waals surface area contributed by atoms with E-state index in [1.54, 1.807) is 18.2 Å². The number of carbonyl (C=O) groups is 2. The number of anilines is 1. The molecule has 0 radical (unpaired) electrons. The molecule has 6 heteroatoms. The molecule has 0 aliphatic carbocycles. The smallest absolute Gasteiger partial charge is 0.251 e. The van der Waals surface area contributed by atoms with Crippen molar-refractivity contribution in [3.8, 4) is 11.5 Å². The highest BCUT2D eigenvalue weighted by Crippen LogP contribution is 2.32. The molecule has 1 heterocycles. The number of rotatable bonds is 7. The van der Waals surface area contributed by atoms with Crippen LogP contribution in [0, 0.1) is 6.92 Å². The molecule has 2 N–H and O–H groups in total. The van der Waals surface area contributed by atoms with E-state index in [2.05, 4.69) is 24.5 Å². The molecule has 3 aromatic carbocycles. The van der Waals surface area contributed by atoms with Crippen molar-refractivity contribution >= 4 is 23.6 Å². The molecule has 0 saturated heterocycles. The fraction of sp³-hybridized carbons (Fsp3) is 0.214.